The number of piperidine rings is 1. The van der Waals surface area contributed by atoms with Gasteiger partial charge in [0.2, 0.25) is 0 Å². The van der Waals surface area contributed by atoms with Crippen molar-refractivity contribution < 1.29 is 9.90 Å². The van der Waals surface area contributed by atoms with Gasteiger partial charge in [-0.3, -0.25) is 4.79 Å². The van der Waals surface area contributed by atoms with Crippen LogP contribution in [0, 0.1) is 6.92 Å². The zero-order chi connectivity index (χ0) is 14.6. The first kappa shape index (κ1) is 12.8. The molecule has 2 saturated heterocycles. The molecule has 0 aromatic carbocycles. The Labute approximate surface area is 123 Å². The summed E-state index contributed by atoms with van der Waals surface area (Å²) >= 11 is 0. The minimum Gasteiger partial charge on any atom is -0.393 e. The van der Waals surface area contributed by atoms with Crippen LogP contribution in [-0.2, 0) is 0 Å². The maximum absolute atomic E-state index is 12.9. The first-order valence-corrected chi connectivity index (χ1v) is 7.59. The molecule has 4 heterocycles. The molecule has 2 fully saturated rings. The number of aliphatic hydroxyl groups is 1. The second-order valence-corrected chi connectivity index (χ2v) is 6.20. The van der Waals surface area contributed by atoms with Crippen LogP contribution in [-0.4, -0.2) is 43.5 Å². The Morgan fingerprint density at radius 1 is 1.29 bits per heavy atom. The Balaban J connectivity index is 1.72. The zero-order valence-electron chi connectivity index (χ0n) is 12.1. The number of hydrogen-bond acceptors (Lipinski definition) is 3. The van der Waals surface area contributed by atoms with Crippen LogP contribution in [0.15, 0.2) is 24.4 Å². The molecule has 5 nitrogen and oxygen atoms in total. The van der Waals surface area contributed by atoms with Gasteiger partial charge in [-0.2, -0.15) is 0 Å². The van der Waals surface area contributed by atoms with E-state index in [-0.39, 0.29) is 24.1 Å². The van der Waals surface area contributed by atoms with Gasteiger partial charge in [-0.25, -0.2) is 4.98 Å². The molecule has 1 unspecified atom stereocenters. The van der Waals surface area contributed by atoms with Crippen LogP contribution in [0.5, 0.6) is 0 Å². The first-order chi connectivity index (χ1) is 10.1. The predicted molar refractivity (Wildman–Crippen MR) is 78.1 cm³/mol. The van der Waals surface area contributed by atoms with E-state index in [4.69, 9.17) is 0 Å². The zero-order valence-corrected chi connectivity index (χ0v) is 12.1. The number of carbonyl (C=O) groups excluding carboxylic acids is 1. The number of aliphatic hydroxyl groups excluding tert-OH is 1. The van der Waals surface area contributed by atoms with E-state index in [0.717, 1.165) is 24.2 Å². The number of rotatable bonds is 1. The molecule has 110 valence electrons. The summed E-state index contributed by atoms with van der Waals surface area (Å²) in [6.07, 6.45) is 5.08. The van der Waals surface area contributed by atoms with Crippen LogP contribution in [0.25, 0.3) is 5.65 Å². The smallest absolute Gasteiger partial charge is 0.274 e. The number of aryl methyl sites for hydroxylation is 1. The fourth-order valence-electron chi connectivity index (χ4n) is 3.92. The van der Waals surface area contributed by atoms with E-state index in [1.165, 1.54) is 0 Å². The number of fused-ring (bicyclic) bond motifs is 3. The van der Waals surface area contributed by atoms with Gasteiger partial charge in [-0.1, -0.05) is 6.07 Å². The Hall–Kier alpha value is -1.88. The highest BCUT2D eigenvalue weighted by Gasteiger charge is 2.43. The molecule has 2 aromatic heterocycles. The Morgan fingerprint density at radius 3 is 2.67 bits per heavy atom. The van der Waals surface area contributed by atoms with Gasteiger partial charge in [0, 0.05) is 18.3 Å². The van der Waals surface area contributed by atoms with Crippen LogP contribution in [0.2, 0.25) is 0 Å². The highest BCUT2D eigenvalue weighted by Crippen LogP contribution is 2.37. The quantitative estimate of drug-likeness (QED) is 0.868. The van der Waals surface area contributed by atoms with Gasteiger partial charge in [0.05, 0.1) is 11.8 Å². The van der Waals surface area contributed by atoms with Crippen molar-refractivity contribution in [3.63, 3.8) is 0 Å². The van der Waals surface area contributed by atoms with Gasteiger partial charge in [-0.15, -0.1) is 0 Å². The molecular weight excluding hydrogens is 266 g/mol. The molecule has 2 aliphatic rings. The van der Waals surface area contributed by atoms with Gasteiger partial charge in [-0.05, 0) is 44.7 Å². The molecule has 1 amide bonds. The summed E-state index contributed by atoms with van der Waals surface area (Å²) in [7, 11) is 0. The minimum atomic E-state index is -0.256. The summed E-state index contributed by atoms with van der Waals surface area (Å²) in [5.41, 5.74) is 2.25. The van der Waals surface area contributed by atoms with Crippen LogP contribution in [0.1, 0.15) is 41.9 Å². The molecule has 2 aliphatic heterocycles. The third kappa shape index (κ3) is 1.87. The van der Waals surface area contributed by atoms with Crippen LogP contribution in [0.4, 0.5) is 0 Å². The third-order valence-corrected chi connectivity index (χ3v) is 4.91. The lowest BCUT2D eigenvalue weighted by Gasteiger charge is -2.36. The summed E-state index contributed by atoms with van der Waals surface area (Å²) in [5.74, 6) is 0.0237. The van der Waals surface area contributed by atoms with E-state index < -0.39 is 0 Å². The number of imidazole rings is 1. The summed E-state index contributed by atoms with van der Waals surface area (Å²) in [6, 6.07) is 6.14. The summed E-state index contributed by atoms with van der Waals surface area (Å²) < 4.78 is 1.95. The second-order valence-electron chi connectivity index (χ2n) is 6.20. The molecule has 3 atom stereocenters. The molecule has 2 aromatic rings. The average molecular weight is 285 g/mol. The Morgan fingerprint density at radius 2 is 2.00 bits per heavy atom. The monoisotopic (exact) mass is 285 g/mol. The van der Waals surface area contributed by atoms with Crippen LogP contribution >= 0.6 is 0 Å². The summed E-state index contributed by atoms with van der Waals surface area (Å²) in [4.78, 5) is 19.4. The maximum Gasteiger partial charge on any atom is 0.274 e. The van der Waals surface area contributed by atoms with Gasteiger partial charge in [0.15, 0.2) is 0 Å². The molecule has 1 N–H and O–H groups in total. The summed E-state index contributed by atoms with van der Waals surface area (Å²) in [5, 5.41) is 9.87. The molecular formula is C16H19N3O2. The average Bonchev–Trinajstić information content (AvgIpc) is 2.95. The standard InChI is InChI=1S/C16H19N3O2/c1-10-15(17-14-4-2-3-7-18(10)14)16(21)19-11-5-6-12(19)9-13(20)8-11/h2-4,7,11-13,20H,5-6,8-9H2,1H3/t11-,12+,13?. The summed E-state index contributed by atoms with van der Waals surface area (Å²) in [6.45, 7) is 1.94. The van der Waals surface area contributed by atoms with Crippen LogP contribution in [0.3, 0.4) is 0 Å². The number of nitrogens with zero attached hydrogens (tertiary/aromatic N) is 3. The van der Waals surface area contributed by atoms with Gasteiger partial charge in [0.1, 0.15) is 11.3 Å². The lowest BCUT2D eigenvalue weighted by Crippen LogP contribution is -2.48. The topological polar surface area (TPSA) is 57.8 Å². The SMILES string of the molecule is Cc1c(C(=O)N2[C@@H]3CC[C@H]2CC(O)C3)nc2ccccn12. The molecule has 5 heteroatoms. The van der Waals surface area contributed by atoms with E-state index in [9.17, 15) is 9.90 Å². The van der Waals surface area contributed by atoms with Crippen LogP contribution < -0.4 is 0 Å². The Kier molecular flexibility index (Phi) is 2.79. The van der Waals surface area contributed by atoms with Crippen molar-refractivity contribution in [2.24, 2.45) is 0 Å². The largest absolute Gasteiger partial charge is 0.393 e. The molecule has 2 bridgehead atoms. The molecule has 0 saturated carbocycles. The molecule has 0 radical (unpaired) electrons. The molecule has 21 heavy (non-hydrogen) atoms. The van der Waals surface area contributed by atoms with Crippen molar-refractivity contribution in [3.8, 4) is 0 Å². The maximum atomic E-state index is 12.9. The van der Waals surface area contributed by atoms with Crippen molar-refractivity contribution in [2.75, 3.05) is 0 Å². The van der Waals surface area contributed by atoms with E-state index in [1.54, 1.807) is 0 Å². The molecule has 4 rings (SSSR count). The second kappa shape index (κ2) is 4.56. The number of carbonyl (C=O) groups is 1. The molecule has 0 aliphatic carbocycles. The Bertz CT molecular complexity index is 695. The van der Waals surface area contributed by atoms with Gasteiger partial charge in [0.25, 0.3) is 5.91 Å². The van der Waals surface area contributed by atoms with Gasteiger partial charge < -0.3 is 14.4 Å². The van der Waals surface area contributed by atoms with E-state index in [2.05, 4.69) is 4.98 Å². The fraction of sp³-hybridized carbons (Fsp3) is 0.500. The first-order valence-electron chi connectivity index (χ1n) is 7.59. The highest BCUT2D eigenvalue weighted by molar-refractivity contribution is 5.95. The lowest BCUT2D eigenvalue weighted by atomic mass is 9.99. The van der Waals surface area contributed by atoms with Crippen molar-refractivity contribution in [2.45, 2.75) is 50.8 Å². The van der Waals surface area contributed by atoms with Crippen molar-refractivity contribution >= 4 is 11.6 Å². The fourth-order valence-corrected chi connectivity index (χ4v) is 3.92. The van der Waals surface area contributed by atoms with Crippen molar-refractivity contribution in [1.82, 2.24) is 14.3 Å². The van der Waals surface area contributed by atoms with Crippen molar-refractivity contribution in [1.29, 1.82) is 0 Å². The number of pyridine rings is 1. The predicted octanol–water partition coefficient (Wildman–Crippen LogP) is 1.77. The highest BCUT2D eigenvalue weighted by atomic mass is 16.3. The van der Waals surface area contributed by atoms with E-state index >= 15 is 0 Å². The minimum absolute atomic E-state index is 0.0237. The van der Waals surface area contributed by atoms with E-state index in [1.807, 2.05) is 40.6 Å². The molecule has 0 spiro atoms. The third-order valence-electron chi connectivity index (χ3n) is 4.91. The van der Waals surface area contributed by atoms with Gasteiger partial charge >= 0.3 is 0 Å². The van der Waals surface area contributed by atoms with Crippen molar-refractivity contribution in [3.05, 3.63) is 35.8 Å². The van der Waals surface area contributed by atoms with E-state index in [0.29, 0.717) is 18.5 Å². The number of amides is 1. The lowest BCUT2D eigenvalue weighted by molar-refractivity contribution is 0.0282. The normalized spacial score (nSPS) is 28.3. The number of hydrogen-bond donors (Lipinski definition) is 1. The number of aromatic nitrogens is 2.